The summed E-state index contributed by atoms with van der Waals surface area (Å²) in [6.45, 7) is 15.7. The van der Waals surface area contributed by atoms with Gasteiger partial charge in [0.25, 0.3) is 0 Å². The molecule has 0 bridgehead atoms. The average molecular weight is 342 g/mol. The minimum absolute atomic E-state index is 0.551. The summed E-state index contributed by atoms with van der Waals surface area (Å²) >= 11 is 0. The quantitative estimate of drug-likeness (QED) is 0.725. The number of aromatic nitrogens is 2. The van der Waals surface area contributed by atoms with Crippen molar-refractivity contribution in [1.82, 2.24) is 9.97 Å². The predicted molar refractivity (Wildman–Crippen MR) is 108 cm³/mol. The molecule has 0 spiro atoms. The van der Waals surface area contributed by atoms with Crippen LogP contribution in [0.5, 0.6) is 0 Å². The van der Waals surface area contributed by atoms with Gasteiger partial charge in [0.2, 0.25) is 5.95 Å². The number of rotatable bonds is 8. The first-order valence-corrected chi connectivity index (χ1v) is 9.15. The predicted octanol–water partition coefficient (Wildman–Crippen LogP) is 4.75. The van der Waals surface area contributed by atoms with Crippen molar-refractivity contribution >= 4 is 23.1 Å². The van der Waals surface area contributed by atoms with Gasteiger partial charge in [-0.2, -0.15) is 4.98 Å². The smallest absolute Gasteiger partial charge is 0.224 e. The van der Waals surface area contributed by atoms with E-state index in [2.05, 4.69) is 78.3 Å². The van der Waals surface area contributed by atoms with E-state index in [1.807, 2.05) is 13.0 Å². The second-order valence-electron chi connectivity index (χ2n) is 6.79. The van der Waals surface area contributed by atoms with E-state index in [1.165, 1.54) is 11.3 Å². The third-order valence-electron chi connectivity index (χ3n) is 4.12. The zero-order chi connectivity index (χ0) is 18.4. The number of nitrogens with one attached hydrogen (secondary N) is 2. The first kappa shape index (κ1) is 19.0. The van der Waals surface area contributed by atoms with Gasteiger partial charge in [-0.1, -0.05) is 13.8 Å². The van der Waals surface area contributed by atoms with Gasteiger partial charge in [0.1, 0.15) is 5.82 Å². The molecule has 5 heteroatoms. The molecule has 0 aliphatic carbocycles. The minimum Gasteiger partial charge on any atom is -0.372 e. The largest absolute Gasteiger partial charge is 0.372 e. The van der Waals surface area contributed by atoms with E-state index in [0.29, 0.717) is 11.9 Å². The van der Waals surface area contributed by atoms with Gasteiger partial charge in [-0.05, 0) is 57.4 Å². The fraction of sp³-hybridized carbons (Fsp3) is 0.500. The molecule has 0 saturated carbocycles. The lowest BCUT2D eigenvalue weighted by molar-refractivity contribution is 0.684. The Morgan fingerprint density at radius 3 is 2.36 bits per heavy atom. The highest BCUT2D eigenvalue weighted by Crippen LogP contribution is 2.25. The maximum atomic E-state index is 4.59. The van der Waals surface area contributed by atoms with Crippen LogP contribution in [0.3, 0.4) is 0 Å². The fourth-order valence-corrected chi connectivity index (χ4v) is 2.72. The summed E-state index contributed by atoms with van der Waals surface area (Å²) in [4.78, 5) is 11.4. The molecule has 0 fully saturated rings. The van der Waals surface area contributed by atoms with Crippen molar-refractivity contribution < 1.29 is 0 Å². The van der Waals surface area contributed by atoms with Crippen LogP contribution in [0.15, 0.2) is 24.3 Å². The van der Waals surface area contributed by atoms with Crippen molar-refractivity contribution in [1.29, 1.82) is 0 Å². The zero-order valence-electron chi connectivity index (χ0n) is 16.3. The standard InChI is InChI=1S/C20H31N5/c1-7-25(8-2)17-9-10-18(15(5)11-17)23-19-12-16(6)22-20(24-19)21-13-14(3)4/h9-12,14H,7-8,13H2,1-6H3,(H2,21,22,23,24). The monoisotopic (exact) mass is 341 g/mol. The van der Waals surface area contributed by atoms with Gasteiger partial charge in [-0.3, -0.25) is 0 Å². The van der Waals surface area contributed by atoms with Gasteiger partial charge in [0, 0.05) is 42.8 Å². The Hall–Kier alpha value is -2.30. The number of hydrogen-bond acceptors (Lipinski definition) is 5. The second kappa shape index (κ2) is 8.70. The van der Waals surface area contributed by atoms with Crippen LogP contribution in [-0.4, -0.2) is 29.6 Å². The Bertz CT molecular complexity index is 692. The van der Waals surface area contributed by atoms with E-state index in [0.717, 1.165) is 36.8 Å². The highest BCUT2D eigenvalue weighted by molar-refractivity contribution is 5.65. The zero-order valence-corrected chi connectivity index (χ0v) is 16.3. The lowest BCUT2D eigenvalue weighted by Gasteiger charge is -2.22. The number of hydrogen-bond donors (Lipinski definition) is 2. The van der Waals surface area contributed by atoms with Crippen LogP contribution >= 0.6 is 0 Å². The molecule has 0 amide bonds. The Kier molecular flexibility index (Phi) is 6.62. The summed E-state index contributed by atoms with van der Waals surface area (Å²) in [6.07, 6.45) is 0. The number of benzene rings is 1. The fourth-order valence-electron chi connectivity index (χ4n) is 2.72. The molecule has 2 aromatic rings. The maximum absolute atomic E-state index is 4.59. The molecule has 136 valence electrons. The van der Waals surface area contributed by atoms with Gasteiger partial charge in [0.15, 0.2) is 0 Å². The maximum Gasteiger partial charge on any atom is 0.224 e. The number of aryl methyl sites for hydroxylation is 2. The molecule has 0 atom stereocenters. The van der Waals surface area contributed by atoms with Crippen molar-refractivity contribution in [3.63, 3.8) is 0 Å². The first-order chi connectivity index (χ1) is 11.9. The molecule has 0 unspecified atom stereocenters. The van der Waals surface area contributed by atoms with Crippen molar-refractivity contribution in [2.24, 2.45) is 5.92 Å². The second-order valence-corrected chi connectivity index (χ2v) is 6.79. The molecule has 2 rings (SSSR count). The Balaban J connectivity index is 2.18. The molecular formula is C20H31N5. The van der Waals surface area contributed by atoms with Crippen LogP contribution in [0.2, 0.25) is 0 Å². The summed E-state index contributed by atoms with van der Waals surface area (Å²) in [5.41, 5.74) is 4.48. The van der Waals surface area contributed by atoms with E-state index in [4.69, 9.17) is 0 Å². The summed E-state index contributed by atoms with van der Waals surface area (Å²) in [6, 6.07) is 8.48. The molecule has 2 N–H and O–H groups in total. The lowest BCUT2D eigenvalue weighted by Crippen LogP contribution is -2.21. The minimum atomic E-state index is 0.551. The first-order valence-electron chi connectivity index (χ1n) is 9.15. The van der Waals surface area contributed by atoms with Crippen molar-refractivity contribution in [3.05, 3.63) is 35.5 Å². The molecular weight excluding hydrogens is 310 g/mol. The molecule has 5 nitrogen and oxygen atoms in total. The van der Waals surface area contributed by atoms with E-state index < -0.39 is 0 Å². The van der Waals surface area contributed by atoms with Gasteiger partial charge >= 0.3 is 0 Å². The van der Waals surface area contributed by atoms with Crippen molar-refractivity contribution in [2.45, 2.75) is 41.5 Å². The molecule has 1 aromatic carbocycles. The lowest BCUT2D eigenvalue weighted by atomic mass is 10.1. The SMILES string of the molecule is CCN(CC)c1ccc(Nc2cc(C)nc(NCC(C)C)n2)c(C)c1. The summed E-state index contributed by atoms with van der Waals surface area (Å²) in [7, 11) is 0. The molecule has 0 aliphatic rings. The van der Waals surface area contributed by atoms with Gasteiger partial charge in [-0.25, -0.2) is 4.98 Å². The van der Waals surface area contributed by atoms with E-state index in [9.17, 15) is 0 Å². The molecule has 1 aromatic heterocycles. The molecule has 1 heterocycles. The van der Waals surface area contributed by atoms with Gasteiger partial charge in [-0.15, -0.1) is 0 Å². The summed E-state index contributed by atoms with van der Waals surface area (Å²) in [5, 5.41) is 6.73. The van der Waals surface area contributed by atoms with Gasteiger partial charge < -0.3 is 15.5 Å². The third-order valence-corrected chi connectivity index (χ3v) is 4.12. The summed E-state index contributed by atoms with van der Waals surface area (Å²) < 4.78 is 0. The number of anilines is 4. The average Bonchev–Trinajstić information content (AvgIpc) is 2.56. The highest BCUT2D eigenvalue weighted by atomic mass is 15.1. The van der Waals surface area contributed by atoms with Crippen molar-refractivity contribution in [2.75, 3.05) is 35.2 Å². The molecule has 0 aliphatic heterocycles. The topological polar surface area (TPSA) is 53.1 Å². The van der Waals surface area contributed by atoms with E-state index in [1.54, 1.807) is 0 Å². The Labute approximate surface area is 151 Å². The highest BCUT2D eigenvalue weighted by Gasteiger charge is 2.08. The third kappa shape index (κ3) is 5.34. The van der Waals surface area contributed by atoms with Gasteiger partial charge in [0.05, 0.1) is 0 Å². The number of nitrogens with zero attached hydrogens (tertiary/aromatic N) is 3. The molecule has 0 saturated heterocycles. The van der Waals surface area contributed by atoms with Crippen LogP contribution < -0.4 is 15.5 Å². The van der Waals surface area contributed by atoms with Crippen LogP contribution in [-0.2, 0) is 0 Å². The molecule has 0 radical (unpaired) electrons. The van der Waals surface area contributed by atoms with Crippen LogP contribution in [0, 0.1) is 19.8 Å². The summed E-state index contributed by atoms with van der Waals surface area (Å²) in [5.74, 6) is 2.04. The molecule has 25 heavy (non-hydrogen) atoms. The van der Waals surface area contributed by atoms with Crippen LogP contribution in [0.1, 0.15) is 39.0 Å². The van der Waals surface area contributed by atoms with E-state index in [-0.39, 0.29) is 0 Å². The van der Waals surface area contributed by atoms with Crippen LogP contribution in [0.4, 0.5) is 23.1 Å². The van der Waals surface area contributed by atoms with E-state index >= 15 is 0 Å². The van der Waals surface area contributed by atoms with Crippen LogP contribution in [0.25, 0.3) is 0 Å². The Morgan fingerprint density at radius 2 is 1.76 bits per heavy atom. The normalized spacial score (nSPS) is 10.8. The Morgan fingerprint density at radius 1 is 1.04 bits per heavy atom. The van der Waals surface area contributed by atoms with Crippen molar-refractivity contribution in [3.8, 4) is 0 Å².